The molecule has 0 amide bonds. The molecule has 1 saturated heterocycles. The molecule has 0 aromatic rings. The lowest BCUT2D eigenvalue weighted by Gasteiger charge is -2.41. The first-order valence-corrected chi connectivity index (χ1v) is 10.5. The summed E-state index contributed by atoms with van der Waals surface area (Å²) in [5.74, 6) is -1.84. The third-order valence-electron chi connectivity index (χ3n) is 4.16. The fourth-order valence-electron chi connectivity index (χ4n) is 1.86. The minimum absolute atomic E-state index is 0.0463. The Bertz CT molecular complexity index is 391. The van der Waals surface area contributed by atoms with Crippen LogP contribution in [0.2, 0.25) is 18.1 Å². The van der Waals surface area contributed by atoms with Crippen molar-refractivity contribution < 1.29 is 23.8 Å². The molecule has 0 aromatic carbocycles. The predicted molar refractivity (Wildman–Crippen MR) is 84.3 cm³/mol. The van der Waals surface area contributed by atoms with Gasteiger partial charge in [-0.25, -0.2) is 0 Å². The fraction of sp³-hybridized carbons (Fsp3) is 0.929. The van der Waals surface area contributed by atoms with Crippen LogP contribution in [-0.2, 0) is 18.7 Å². The number of carboxylic acid groups (broad SMARTS) is 1. The van der Waals surface area contributed by atoms with Gasteiger partial charge in [-0.3, -0.25) is 4.79 Å². The van der Waals surface area contributed by atoms with E-state index in [2.05, 4.69) is 33.9 Å². The molecule has 5 nitrogen and oxygen atoms in total. The van der Waals surface area contributed by atoms with Crippen LogP contribution in [0.1, 0.15) is 34.6 Å². The smallest absolute Gasteiger partial charge is 0.324 e. The van der Waals surface area contributed by atoms with E-state index in [-0.39, 0.29) is 11.6 Å². The summed E-state index contributed by atoms with van der Waals surface area (Å²) in [5.41, 5.74) is 0. The van der Waals surface area contributed by atoms with Gasteiger partial charge in [0.1, 0.15) is 12.2 Å². The minimum Gasteiger partial charge on any atom is -0.480 e. The monoisotopic (exact) mass is 338 g/mol. The van der Waals surface area contributed by atoms with E-state index < -0.39 is 37.7 Å². The Morgan fingerprint density at radius 3 is 2.29 bits per heavy atom. The number of rotatable bonds is 5. The van der Waals surface area contributed by atoms with Crippen molar-refractivity contribution in [3.05, 3.63) is 0 Å². The van der Waals surface area contributed by atoms with E-state index in [0.29, 0.717) is 0 Å². The van der Waals surface area contributed by atoms with Gasteiger partial charge in [-0.1, -0.05) is 20.8 Å². The van der Waals surface area contributed by atoms with E-state index in [0.717, 1.165) is 0 Å². The van der Waals surface area contributed by atoms with E-state index in [1.165, 1.54) is 0 Å². The van der Waals surface area contributed by atoms with Crippen LogP contribution in [-0.4, -0.2) is 49.4 Å². The highest BCUT2D eigenvalue weighted by Gasteiger charge is 2.48. The highest BCUT2D eigenvalue weighted by molar-refractivity contribution is 6.74. The number of alkyl halides is 1. The van der Waals surface area contributed by atoms with Crippen LogP contribution in [0.5, 0.6) is 0 Å². The van der Waals surface area contributed by atoms with Crippen molar-refractivity contribution in [2.45, 2.75) is 76.1 Å². The second kappa shape index (κ2) is 6.16. The van der Waals surface area contributed by atoms with E-state index >= 15 is 0 Å². The Hall–Kier alpha value is -0.143. The number of carboxylic acids is 1. The van der Waals surface area contributed by atoms with E-state index in [4.69, 9.17) is 25.5 Å². The lowest BCUT2D eigenvalue weighted by Crippen LogP contribution is -2.52. The van der Waals surface area contributed by atoms with Crippen LogP contribution in [0.4, 0.5) is 0 Å². The second-order valence-corrected chi connectivity index (χ2v) is 12.7. The zero-order chi connectivity index (χ0) is 16.6. The Balaban J connectivity index is 2.97. The maximum absolute atomic E-state index is 11.3. The van der Waals surface area contributed by atoms with Crippen LogP contribution in [0.25, 0.3) is 0 Å². The maximum Gasteiger partial charge on any atom is 0.324 e. The average Bonchev–Trinajstić information content (AvgIpc) is 2.63. The molecule has 124 valence electrons. The zero-order valence-electron chi connectivity index (χ0n) is 13.9. The van der Waals surface area contributed by atoms with Gasteiger partial charge in [0.2, 0.25) is 0 Å². The molecule has 21 heavy (non-hydrogen) atoms. The minimum atomic E-state index is -2.17. The summed E-state index contributed by atoms with van der Waals surface area (Å²) in [6, 6.07) is 0. The molecule has 7 heteroatoms. The third kappa shape index (κ3) is 4.66. The summed E-state index contributed by atoms with van der Waals surface area (Å²) in [6.45, 7) is 14.3. The predicted octanol–water partition coefficient (Wildman–Crippen LogP) is 3.22. The van der Waals surface area contributed by atoms with Crippen molar-refractivity contribution in [2.24, 2.45) is 0 Å². The van der Waals surface area contributed by atoms with Gasteiger partial charge in [-0.05, 0) is 32.0 Å². The SMILES string of the molecule is CC1(C)OC[C@H]([C@@H](O[Si](C)(C)C(C)(C)C)C(Cl)C(=O)O)O1. The molecule has 1 aliphatic rings. The van der Waals surface area contributed by atoms with Crippen molar-refractivity contribution in [1.29, 1.82) is 0 Å². The first-order valence-electron chi connectivity index (χ1n) is 7.13. The Morgan fingerprint density at radius 2 is 1.95 bits per heavy atom. The summed E-state index contributed by atoms with van der Waals surface area (Å²) in [5, 5.41) is 8.04. The second-order valence-electron chi connectivity index (χ2n) is 7.45. The lowest BCUT2D eigenvalue weighted by atomic mass is 10.1. The zero-order valence-corrected chi connectivity index (χ0v) is 15.7. The van der Waals surface area contributed by atoms with Gasteiger partial charge >= 0.3 is 5.97 Å². The molecule has 1 heterocycles. The van der Waals surface area contributed by atoms with Crippen molar-refractivity contribution in [1.82, 2.24) is 0 Å². The molecule has 1 N–H and O–H groups in total. The molecule has 0 saturated carbocycles. The standard InChI is InChI=1S/C14H27ClO5Si/c1-13(2,3)21(6,7)20-11(10(15)12(16)17)9-8-18-14(4,5)19-9/h9-11H,8H2,1-7H3,(H,16,17)/t9-,10?,11-/m1/s1. The number of ether oxygens (including phenoxy) is 2. The average molecular weight is 339 g/mol. The number of hydrogen-bond donors (Lipinski definition) is 1. The van der Waals surface area contributed by atoms with Crippen LogP contribution >= 0.6 is 11.6 Å². The fourth-order valence-corrected chi connectivity index (χ4v) is 3.48. The van der Waals surface area contributed by atoms with Gasteiger partial charge in [-0.15, -0.1) is 11.6 Å². The summed E-state index contributed by atoms with van der Waals surface area (Å²) in [4.78, 5) is 11.3. The lowest BCUT2D eigenvalue weighted by molar-refractivity contribution is -0.155. The summed E-state index contributed by atoms with van der Waals surface area (Å²) in [6.07, 6.45) is -1.21. The molecule has 0 aliphatic carbocycles. The highest BCUT2D eigenvalue weighted by atomic mass is 35.5. The van der Waals surface area contributed by atoms with Crippen LogP contribution in [0.15, 0.2) is 0 Å². The van der Waals surface area contributed by atoms with Gasteiger partial charge in [0, 0.05) is 0 Å². The molecule has 1 aliphatic heterocycles. The molecule has 0 aromatic heterocycles. The molecule has 1 rings (SSSR count). The molecule has 0 radical (unpaired) electrons. The number of aliphatic carboxylic acids is 1. The molecule has 3 atom stereocenters. The van der Waals surface area contributed by atoms with Crippen LogP contribution < -0.4 is 0 Å². The first-order chi connectivity index (χ1) is 9.27. The van der Waals surface area contributed by atoms with Crippen molar-refractivity contribution in [2.75, 3.05) is 6.61 Å². The quantitative estimate of drug-likeness (QED) is 0.616. The Kier molecular flexibility index (Phi) is 5.55. The van der Waals surface area contributed by atoms with E-state index in [1.807, 2.05) is 0 Å². The third-order valence-corrected chi connectivity index (χ3v) is 9.07. The number of hydrogen-bond acceptors (Lipinski definition) is 4. The van der Waals surface area contributed by atoms with Gasteiger partial charge < -0.3 is 19.0 Å². The molecule has 0 bridgehead atoms. The number of halogens is 1. The van der Waals surface area contributed by atoms with Crippen molar-refractivity contribution in [3.8, 4) is 0 Å². The summed E-state index contributed by atoms with van der Waals surface area (Å²) in [7, 11) is -2.17. The summed E-state index contributed by atoms with van der Waals surface area (Å²) < 4.78 is 17.5. The molecular formula is C14H27ClO5Si. The summed E-state index contributed by atoms with van der Waals surface area (Å²) >= 11 is 6.07. The Morgan fingerprint density at radius 1 is 1.43 bits per heavy atom. The molecule has 0 spiro atoms. The van der Waals surface area contributed by atoms with Gasteiger partial charge in [0.15, 0.2) is 19.5 Å². The molecule has 1 unspecified atom stereocenters. The van der Waals surface area contributed by atoms with E-state index in [1.54, 1.807) is 13.8 Å². The Labute approximate surface area is 133 Å². The topological polar surface area (TPSA) is 65.0 Å². The van der Waals surface area contributed by atoms with Gasteiger partial charge in [0.05, 0.1) is 6.61 Å². The van der Waals surface area contributed by atoms with Gasteiger partial charge in [-0.2, -0.15) is 0 Å². The highest BCUT2D eigenvalue weighted by Crippen LogP contribution is 2.39. The van der Waals surface area contributed by atoms with Crippen LogP contribution in [0.3, 0.4) is 0 Å². The van der Waals surface area contributed by atoms with Crippen LogP contribution in [0, 0.1) is 0 Å². The normalized spacial score (nSPS) is 25.6. The van der Waals surface area contributed by atoms with Crippen molar-refractivity contribution >= 4 is 25.9 Å². The van der Waals surface area contributed by atoms with E-state index in [9.17, 15) is 9.90 Å². The molecular weight excluding hydrogens is 312 g/mol. The number of carbonyl (C=O) groups is 1. The maximum atomic E-state index is 11.3. The molecule has 1 fully saturated rings. The largest absolute Gasteiger partial charge is 0.480 e. The first kappa shape index (κ1) is 18.9. The van der Waals surface area contributed by atoms with Gasteiger partial charge in [0.25, 0.3) is 0 Å². The van der Waals surface area contributed by atoms with Crippen molar-refractivity contribution in [3.63, 3.8) is 0 Å².